The number of hydrogen-bond donors (Lipinski definition) is 1. The Morgan fingerprint density at radius 3 is 2.86 bits per heavy atom. The quantitative estimate of drug-likeness (QED) is 0.777. The van der Waals surface area contributed by atoms with Crippen LogP contribution in [0.5, 0.6) is 0 Å². The molecule has 1 N–H and O–H groups in total. The number of piperidine rings is 1. The summed E-state index contributed by atoms with van der Waals surface area (Å²) in [4.78, 5) is 4.61. The van der Waals surface area contributed by atoms with Gasteiger partial charge in [-0.3, -0.25) is 0 Å². The molecule has 0 amide bonds. The molecule has 4 heteroatoms. The predicted octanol–water partition coefficient (Wildman–Crippen LogP) is 3.70. The summed E-state index contributed by atoms with van der Waals surface area (Å²) in [7, 11) is 0. The van der Waals surface area contributed by atoms with Gasteiger partial charge in [-0.15, -0.1) is 0 Å². The fourth-order valence-corrected chi connectivity index (χ4v) is 2.97. The van der Waals surface area contributed by atoms with Crippen molar-refractivity contribution in [3.8, 4) is 11.4 Å². The molecular weight excluding hydrogens is 262 g/mol. The molecule has 1 saturated heterocycles. The van der Waals surface area contributed by atoms with Gasteiger partial charge in [0.05, 0.1) is 6.04 Å². The van der Waals surface area contributed by atoms with Gasteiger partial charge in [0, 0.05) is 5.56 Å². The normalized spacial score (nSPS) is 19.0. The van der Waals surface area contributed by atoms with Crippen molar-refractivity contribution in [1.29, 1.82) is 0 Å². The minimum absolute atomic E-state index is 0.204. The molecule has 0 unspecified atom stereocenters. The lowest BCUT2D eigenvalue weighted by molar-refractivity contribution is 0.297. The number of nitrogens with one attached hydrogen (secondary N) is 1. The lowest BCUT2D eigenvalue weighted by atomic mass is 10.0. The molecule has 1 atom stereocenters. The van der Waals surface area contributed by atoms with E-state index in [1.54, 1.807) is 0 Å². The van der Waals surface area contributed by atoms with Crippen LogP contribution in [-0.2, 0) is 0 Å². The molecule has 1 fully saturated rings. The van der Waals surface area contributed by atoms with E-state index in [0.717, 1.165) is 23.9 Å². The first-order valence-corrected chi connectivity index (χ1v) is 7.47. The van der Waals surface area contributed by atoms with Gasteiger partial charge < -0.3 is 9.84 Å². The Balaban J connectivity index is 1.74. The Morgan fingerprint density at radius 2 is 1.95 bits per heavy atom. The molecule has 4 nitrogen and oxygen atoms in total. The minimum atomic E-state index is 0.204. The summed E-state index contributed by atoms with van der Waals surface area (Å²) >= 11 is 0. The van der Waals surface area contributed by atoms with E-state index in [9.17, 15) is 0 Å². The van der Waals surface area contributed by atoms with Gasteiger partial charge in [0.2, 0.25) is 11.7 Å². The molecule has 3 aromatic rings. The first kappa shape index (κ1) is 12.5. The van der Waals surface area contributed by atoms with Crippen LogP contribution in [0.3, 0.4) is 0 Å². The molecule has 106 valence electrons. The SMILES string of the molecule is c1ccc2c(-c3noc([C@@H]4CCCCN4)n3)cccc2c1. The van der Waals surface area contributed by atoms with Crippen LogP contribution in [0.1, 0.15) is 31.2 Å². The van der Waals surface area contributed by atoms with Crippen LogP contribution in [0.15, 0.2) is 47.0 Å². The minimum Gasteiger partial charge on any atom is -0.337 e. The highest BCUT2D eigenvalue weighted by Gasteiger charge is 2.21. The zero-order valence-corrected chi connectivity index (χ0v) is 11.7. The fraction of sp³-hybridized carbons (Fsp3) is 0.294. The zero-order chi connectivity index (χ0) is 14.1. The van der Waals surface area contributed by atoms with Crippen molar-refractivity contribution >= 4 is 10.8 Å². The average molecular weight is 279 g/mol. The summed E-state index contributed by atoms with van der Waals surface area (Å²) in [5.41, 5.74) is 1.03. The molecule has 1 aromatic heterocycles. The summed E-state index contributed by atoms with van der Waals surface area (Å²) in [5.74, 6) is 1.38. The van der Waals surface area contributed by atoms with Gasteiger partial charge in [-0.05, 0) is 30.2 Å². The molecule has 1 aliphatic heterocycles. The van der Waals surface area contributed by atoms with Crippen LogP contribution in [-0.4, -0.2) is 16.7 Å². The largest absolute Gasteiger partial charge is 0.337 e. The van der Waals surface area contributed by atoms with E-state index in [4.69, 9.17) is 4.52 Å². The van der Waals surface area contributed by atoms with Crippen LogP contribution >= 0.6 is 0 Å². The number of hydrogen-bond acceptors (Lipinski definition) is 4. The molecule has 0 saturated carbocycles. The van der Waals surface area contributed by atoms with Crippen molar-refractivity contribution in [3.63, 3.8) is 0 Å². The second-order valence-electron chi connectivity index (χ2n) is 5.49. The molecule has 0 spiro atoms. The van der Waals surface area contributed by atoms with Gasteiger partial charge in [0.15, 0.2) is 0 Å². The van der Waals surface area contributed by atoms with Gasteiger partial charge in [-0.2, -0.15) is 4.98 Å². The molecule has 0 aliphatic carbocycles. The van der Waals surface area contributed by atoms with E-state index in [-0.39, 0.29) is 6.04 Å². The highest BCUT2D eigenvalue weighted by molar-refractivity contribution is 5.94. The molecule has 2 aromatic carbocycles. The maximum Gasteiger partial charge on any atom is 0.244 e. The Hall–Kier alpha value is -2.20. The van der Waals surface area contributed by atoms with E-state index in [1.807, 2.05) is 24.3 Å². The molecular formula is C17H17N3O. The maximum absolute atomic E-state index is 5.48. The van der Waals surface area contributed by atoms with Crippen molar-refractivity contribution in [3.05, 3.63) is 48.4 Å². The number of fused-ring (bicyclic) bond motifs is 1. The first-order chi connectivity index (χ1) is 10.4. The van der Waals surface area contributed by atoms with E-state index in [2.05, 4.69) is 33.7 Å². The Bertz CT molecular complexity index is 754. The second kappa shape index (κ2) is 5.30. The fourth-order valence-electron chi connectivity index (χ4n) is 2.97. The van der Waals surface area contributed by atoms with Crippen LogP contribution in [0.4, 0.5) is 0 Å². The number of rotatable bonds is 2. The van der Waals surface area contributed by atoms with Crippen LogP contribution in [0.25, 0.3) is 22.2 Å². The molecule has 21 heavy (non-hydrogen) atoms. The van der Waals surface area contributed by atoms with Crippen molar-refractivity contribution in [2.24, 2.45) is 0 Å². The Labute approximate surface area is 123 Å². The number of aromatic nitrogens is 2. The highest BCUT2D eigenvalue weighted by atomic mass is 16.5. The van der Waals surface area contributed by atoms with Gasteiger partial charge in [-0.1, -0.05) is 54.0 Å². The average Bonchev–Trinajstić information content (AvgIpc) is 3.05. The summed E-state index contributed by atoms with van der Waals surface area (Å²) < 4.78 is 5.48. The van der Waals surface area contributed by atoms with E-state index in [1.165, 1.54) is 18.2 Å². The Kier molecular flexibility index (Phi) is 3.16. The van der Waals surface area contributed by atoms with Crippen LogP contribution in [0, 0.1) is 0 Å². The zero-order valence-electron chi connectivity index (χ0n) is 11.7. The molecule has 0 radical (unpaired) electrons. The standard InChI is InChI=1S/C17H17N3O/c1-2-8-13-12(6-1)7-5-9-14(13)16-19-17(21-20-16)15-10-3-4-11-18-15/h1-2,5-9,15,18H,3-4,10-11H2/t15-/m0/s1. The summed E-state index contributed by atoms with van der Waals surface area (Å²) in [6.45, 7) is 1.02. The Morgan fingerprint density at radius 1 is 1.05 bits per heavy atom. The van der Waals surface area contributed by atoms with Gasteiger partial charge >= 0.3 is 0 Å². The third-order valence-electron chi connectivity index (χ3n) is 4.08. The number of benzene rings is 2. The summed E-state index contributed by atoms with van der Waals surface area (Å²) in [6.07, 6.45) is 3.50. The second-order valence-corrected chi connectivity index (χ2v) is 5.49. The smallest absolute Gasteiger partial charge is 0.244 e. The first-order valence-electron chi connectivity index (χ1n) is 7.47. The third-order valence-corrected chi connectivity index (χ3v) is 4.08. The van der Waals surface area contributed by atoms with Crippen molar-refractivity contribution in [2.75, 3.05) is 6.54 Å². The number of nitrogens with zero attached hydrogens (tertiary/aromatic N) is 2. The van der Waals surface area contributed by atoms with E-state index in [0.29, 0.717) is 11.7 Å². The molecule has 4 rings (SSSR count). The maximum atomic E-state index is 5.48. The molecule has 0 bridgehead atoms. The summed E-state index contributed by atoms with van der Waals surface area (Å²) in [5, 5.41) is 9.97. The van der Waals surface area contributed by atoms with Crippen molar-refractivity contribution in [1.82, 2.24) is 15.5 Å². The lowest BCUT2D eigenvalue weighted by Crippen LogP contribution is -2.26. The van der Waals surface area contributed by atoms with Gasteiger partial charge in [0.1, 0.15) is 0 Å². The predicted molar refractivity (Wildman–Crippen MR) is 81.8 cm³/mol. The van der Waals surface area contributed by atoms with E-state index >= 15 is 0 Å². The van der Waals surface area contributed by atoms with Crippen LogP contribution in [0.2, 0.25) is 0 Å². The monoisotopic (exact) mass is 279 g/mol. The van der Waals surface area contributed by atoms with E-state index < -0.39 is 0 Å². The summed E-state index contributed by atoms with van der Waals surface area (Å²) in [6, 6.07) is 14.7. The van der Waals surface area contributed by atoms with Crippen molar-refractivity contribution in [2.45, 2.75) is 25.3 Å². The topological polar surface area (TPSA) is 51.0 Å². The van der Waals surface area contributed by atoms with Crippen LogP contribution < -0.4 is 5.32 Å². The van der Waals surface area contributed by atoms with Crippen molar-refractivity contribution < 1.29 is 4.52 Å². The van der Waals surface area contributed by atoms with Gasteiger partial charge in [-0.25, -0.2) is 0 Å². The van der Waals surface area contributed by atoms with Gasteiger partial charge in [0.25, 0.3) is 0 Å². The highest BCUT2D eigenvalue weighted by Crippen LogP contribution is 2.28. The third kappa shape index (κ3) is 2.32. The lowest BCUT2D eigenvalue weighted by Gasteiger charge is -2.19. The molecule has 1 aliphatic rings. The molecule has 2 heterocycles.